The zero-order chi connectivity index (χ0) is 7.82. The van der Waals surface area contributed by atoms with Crippen LogP contribution in [0.3, 0.4) is 0 Å². The Labute approximate surface area is 60.9 Å². The number of rotatable bonds is 5. The second-order valence-electron chi connectivity index (χ2n) is 2.04. The molecule has 0 aliphatic heterocycles. The lowest BCUT2D eigenvalue weighted by Gasteiger charge is -2.01. The minimum Gasteiger partial charge on any atom is -0.392 e. The number of halogens is 1. The van der Waals surface area contributed by atoms with Gasteiger partial charge >= 0.3 is 0 Å². The standard InChI is InChI=1S/C8H13FO/c1-2-5-8(10)6-3-4-7-9/h2-4,8,10H,1,5-7H2. The predicted octanol–water partition coefficient (Wildman–Crippen LogP) is 1.84. The normalized spacial score (nSPS) is 13.8. The molecule has 10 heavy (non-hydrogen) atoms. The molecule has 58 valence electrons. The SMILES string of the molecule is C=CCC(O)CC=CCF. The number of aliphatic hydroxyl groups is 1. The van der Waals surface area contributed by atoms with E-state index < -0.39 is 12.8 Å². The molecule has 0 spiro atoms. The van der Waals surface area contributed by atoms with Crippen molar-refractivity contribution in [3.8, 4) is 0 Å². The van der Waals surface area contributed by atoms with Crippen molar-refractivity contribution in [3.05, 3.63) is 24.8 Å². The number of aliphatic hydroxyl groups excluding tert-OH is 1. The van der Waals surface area contributed by atoms with Crippen LogP contribution in [0.4, 0.5) is 4.39 Å². The van der Waals surface area contributed by atoms with Gasteiger partial charge in [0.05, 0.1) is 6.10 Å². The van der Waals surface area contributed by atoms with E-state index in [9.17, 15) is 4.39 Å². The highest BCUT2D eigenvalue weighted by atomic mass is 19.1. The van der Waals surface area contributed by atoms with Crippen LogP contribution in [0.15, 0.2) is 24.8 Å². The molecule has 0 amide bonds. The summed E-state index contributed by atoms with van der Waals surface area (Å²) in [6.45, 7) is 3.01. The van der Waals surface area contributed by atoms with E-state index in [4.69, 9.17) is 5.11 Å². The van der Waals surface area contributed by atoms with Gasteiger partial charge in [-0.15, -0.1) is 6.58 Å². The Bertz CT molecular complexity index is 110. The van der Waals surface area contributed by atoms with E-state index in [1.165, 1.54) is 6.08 Å². The maximum Gasteiger partial charge on any atom is 0.108 e. The lowest BCUT2D eigenvalue weighted by molar-refractivity contribution is 0.181. The summed E-state index contributed by atoms with van der Waals surface area (Å²) < 4.78 is 11.4. The molecule has 0 aromatic heterocycles. The number of alkyl halides is 1. The first-order chi connectivity index (χ1) is 4.81. The highest BCUT2D eigenvalue weighted by Crippen LogP contribution is 1.98. The molecule has 0 rings (SSSR count). The average molecular weight is 144 g/mol. The first-order valence-corrected chi connectivity index (χ1v) is 3.31. The maximum atomic E-state index is 11.4. The molecule has 0 saturated heterocycles. The van der Waals surface area contributed by atoms with Gasteiger partial charge in [0.25, 0.3) is 0 Å². The molecular formula is C8H13FO. The molecule has 0 fully saturated rings. The first kappa shape index (κ1) is 9.37. The fourth-order valence-corrected chi connectivity index (χ4v) is 0.605. The van der Waals surface area contributed by atoms with Crippen LogP contribution in [0, 0.1) is 0 Å². The van der Waals surface area contributed by atoms with Gasteiger partial charge < -0.3 is 5.11 Å². The molecule has 0 saturated carbocycles. The molecule has 1 nitrogen and oxygen atoms in total. The van der Waals surface area contributed by atoms with Gasteiger partial charge in [0.2, 0.25) is 0 Å². The maximum absolute atomic E-state index is 11.4. The van der Waals surface area contributed by atoms with Gasteiger partial charge in [-0.2, -0.15) is 0 Å². The van der Waals surface area contributed by atoms with E-state index in [1.807, 2.05) is 0 Å². The third kappa shape index (κ3) is 5.51. The van der Waals surface area contributed by atoms with Crippen molar-refractivity contribution < 1.29 is 9.50 Å². The zero-order valence-corrected chi connectivity index (χ0v) is 5.96. The van der Waals surface area contributed by atoms with Crippen molar-refractivity contribution in [1.82, 2.24) is 0 Å². The first-order valence-electron chi connectivity index (χ1n) is 3.31. The Hall–Kier alpha value is -0.630. The predicted molar refractivity (Wildman–Crippen MR) is 40.6 cm³/mol. The van der Waals surface area contributed by atoms with Crippen LogP contribution in [-0.2, 0) is 0 Å². The highest BCUT2D eigenvalue weighted by molar-refractivity contribution is 4.85. The van der Waals surface area contributed by atoms with Gasteiger partial charge in [0.1, 0.15) is 6.67 Å². The van der Waals surface area contributed by atoms with E-state index in [0.29, 0.717) is 12.8 Å². The fourth-order valence-electron chi connectivity index (χ4n) is 0.605. The molecule has 0 radical (unpaired) electrons. The number of allylic oxidation sites excluding steroid dienone is 1. The molecule has 0 aliphatic carbocycles. The summed E-state index contributed by atoms with van der Waals surface area (Å²) in [5.74, 6) is 0. The van der Waals surface area contributed by atoms with Crippen molar-refractivity contribution >= 4 is 0 Å². The van der Waals surface area contributed by atoms with Crippen LogP contribution in [0.1, 0.15) is 12.8 Å². The molecule has 0 aromatic carbocycles. The summed E-state index contributed by atoms with van der Waals surface area (Å²) in [5.41, 5.74) is 0. The summed E-state index contributed by atoms with van der Waals surface area (Å²) in [4.78, 5) is 0. The molecule has 0 bridgehead atoms. The van der Waals surface area contributed by atoms with Gasteiger partial charge in [0, 0.05) is 0 Å². The van der Waals surface area contributed by atoms with Crippen LogP contribution in [0.25, 0.3) is 0 Å². The minimum absolute atomic E-state index is 0.403. The molecule has 1 atom stereocenters. The fraction of sp³-hybridized carbons (Fsp3) is 0.500. The number of hydrogen-bond acceptors (Lipinski definition) is 1. The Kier molecular flexibility index (Phi) is 6.08. The van der Waals surface area contributed by atoms with E-state index >= 15 is 0 Å². The molecular weight excluding hydrogens is 131 g/mol. The molecule has 2 heteroatoms. The monoisotopic (exact) mass is 144 g/mol. The lowest BCUT2D eigenvalue weighted by atomic mass is 10.2. The highest BCUT2D eigenvalue weighted by Gasteiger charge is 1.95. The molecule has 1 N–H and O–H groups in total. The van der Waals surface area contributed by atoms with Crippen molar-refractivity contribution in [3.63, 3.8) is 0 Å². The Balaban J connectivity index is 3.28. The van der Waals surface area contributed by atoms with E-state index in [-0.39, 0.29) is 0 Å². The van der Waals surface area contributed by atoms with Crippen molar-refractivity contribution in [2.24, 2.45) is 0 Å². The second-order valence-corrected chi connectivity index (χ2v) is 2.04. The zero-order valence-electron chi connectivity index (χ0n) is 5.96. The van der Waals surface area contributed by atoms with Gasteiger partial charge in [-0.05, 0) is 12.8 Å². The molecule has 0 heterocycles. The Morgan fingerprint density at radius 3 is 2.60 bits per heavy atom. The third-order valence-corrected chi connectivity index (χ3v) is 1.10. The topological polar surface area (TPSA) is 20.2 Å². The third-order valence-electron chi connectivity index (χ3n) is 1.10. The smallest absolute Gasteiger partial charge is 0.108 e. The minimum atomic E-state index is -0.458. The quantitative estimate of drug-likeness (QED) is 0.584. The van der Waals surface area contributed by atoms with E-state index in [2.05, 4.69) is 6.58 Å². The van der Waals surface area contributed by atoms with E-state index in [1.54, 1.807) is 12.2 Å². The van der Waals surface area contributed by atoms with E-state index in [0.717, 1.165) is 0 Å². The van der Waals surface area contributed by atoms with Crippen LogP contribution in [-0.4, -0.2) is 17.9 Å². The number of hydrogen-bond donors (Lipinski definition) is 1. The molecule has 1 unspecified atom stereocenters. The molecule has 0 aromatic rings. The second kappa shape index (κ2) is 6.49. The Morgan fingerprint density at radius 1 is 1.40 bits per heavy atom. The van der Waals surface area contributed by atoms with Crippen LogP contribution in [0.2, 0.25) is 0 Å². The summed E-state index contributed by atoms with van der Waals surface area (Å²) in [7, 11) is 0. The summed E-state index contributed by atoms with van der Waals surface area (Å²) in [6, 6.07) is 0. The van der Waals surface area contributed by atoms with Crippen molar-refractivity contribution in [1.29, 1.82) is 0 Å². The average Bonchev–Trinajstić information content (AvgIpc) is 1.89. The molecule has 0 aliphatic rings. The summed E-state index contributed by atoms with van der Waals surface area (Å²) in [6.07, 6.45) is 5.35. The van der Waals surface area contributed by atoms with Crippen LogP contribution >= 0.6 is 0 Å². The van der Waals surface area contributed by atoms with Gasteiger partial charge in [-0.1, -0.05) is 18.2 Å². The van der Waals surface area contributed by atoms with Crippen LogP contribution < -0.4 is 0 Å². The lowest BCUT2D eigenvalue weighted by Crippen LogP contribution is -2.01. The van der Waals surface area contributed by atoms with Gasteiger partial charge in [0.15, 0.2) is 0 Å². The van der Waals surface area contributed by atoms with Crippen molar-refractivity contribution in [2.75, 3.05) is 6.67 Å². The van der Waals surface area contributed by atoms with Gasteiger partial charge in [-0.25, -0.2) is 4.39 Å². The summed E-state index contributed by atoms with van der Waals surface area (Å²) in [5, 5.41) is 9.03. The van der Waals surface area contributed by atoms with Crippen LogP contribution in [0.5, 0.6) is 0 Å². The summed E-state index contributed by atoms with van der Waals surface area (Å²) >= 11 is 0. The van der Waals surface area contributed by atoms with Gasteiger partial charge in [-0.3, -0.25) is 0 Å². The Morgan fingerprint density at radius 2 is 2.10 bits per heavy atom. The van der Waals surface area contributed by atoms with Crippen molar-refractivity contribution in [2.45, 2.75) is 18.9 Å². The largest absolute Gasteiger partial charge is 0.392 e.